The first-order chi connectivity index (χ1) is 13.1. The van der Waals surface area contributed by atoms with Crippen LogP contribution in [0, 0.1) is 23.7 Å². The van der Waals surface area contributed by atoms with E-state index in [-0.39, 0.29) is 18.0 Å². The molecule has 0 radical (unpaired) electrons. The van der Waals surface area contributed by atoms with Gasteiger partial charge in [-0.2, -0.15) is 0 Å². The van der Waals surface area contributed by atoms with Gasteiger partial charge in [0.05, 0.1) is 13.2 Å². The molecule has 1 N–H and O–H groups in total. The zero-order valence-corrected chi connectivity index (χ0v) is 16.6. The van der Waals surface area contributed by atoms with E-state index in [9.17, 15) is 14.7 Å². The fourth-order valence-corrected chi connectivity index (χ4v) is 5.25. The van der Waals surface area contributed by atoms with Gasteiger partial charge in [0.25, 0.3) is 0 Å². The second-order valence-corrected chi connectivity index (χ2v) is 8.55. The smallest absolute Gasteiger partial charge is 0.305 e. The molecule has 0 aromatic rings. The van der Waals surface area contributed by atoms with Gasteiger partial charge in [0.1, 0.15) is 0 Å². The average Bonchev–Trinajstić information content (AvgIpc) is 3.24. The fourth-order valence-electron chi connectivity index (χ4n) is 5.25. The molecule has 3 aliphatic carbocycles. The molecule has 0 heterocycles. The Labute approximate surface area is 163 Å². The molecule has 3 rings (SSSR count). The summed E-state index contributed by atoms with van der Waals surface area (Å²) in [5.74, 6) is 1.53. The van der Waals surface area contributed by atoms with Crippen molar-refractivity contribution in [1.29, 1.82) is 0 Å². The third-order valence-electron chi connectivity index (χ3n) is 6.88. The lowest BCUT2D eigenvalue weighted by Crippen LogP contribution is -2.21. The van der Waals surface area contributed by atoms with Gasteiger partial charge >= 0.3 is 5.97 Å². The van der Waals surface area contributed by atoms with Crippen molar-refractivity contribution in [3.8, 4) is 0 Å². The van der Waals surface area contributed by atoms with Crippen LogP contribution in [0.15, 0.2) is 23.8 Å². The lowest BCUT2D eigenvalue weighted by Gasteiger charge is -2.25. The standard InChI is InChI=1S/C23H34O4/c1-27-22(25)10-6-5-9-18-15-20-16(11-13-19(20)23(18)26)12-14-21(24)17-7-3-2-4-8-17/h9,12,14,16-17,19-21,24H,2-8,10-11,13,15H2,1H3. The van der Waals surface area contributed by atoms with Crippen molar-refractivity contribution in [2.24, 2.45) is 23.7 Å². The normalized spacial score (nSPS) is 31.6. The van der Waals surface area contributed by atoms with Crippen LogP contribution in [0.3, 0.4) is 0 Å². The predicted molar refractivity (Wildman–Crippen MR) is 105 cm³/mol. The van der Waals surface area contributed by atoms with E-state index in [0.29, 0.717) is 30.0 Å². The Hall–Kier alpha value is -1.42. The minimum Gasteiger partial charge on any atom is -0.469 e. The van der Waals surface area contributed by atoms with Gasteiger partial charge in [-0.05, 0) is 68.3 Å². The molecule has 27 heavy (non-hydrogen) atoms. The number of ketones is 1. The number of allylic oxidation sites excluding steroid dienone is 3. The van der Waals surface area contributed by atoms with Crippen molar-refractivity contribution in [3.05, 3.63) is 23.8 Å². The van der Waals surface area contributed by atoms with Crippen LogP contribution in [-0.2, 0) is 14.3 Å². The molecule has 4 nitrogen and oxygen atoms in total. The second kappa shape index (κ2) is 9.68. The van der Waals surface area contributed by atoms with E-state index in [4.69, 9.17) is 0 Å². The van der Waals surface area contributed by atoms with Crippen molar-refractivity contribution in [1.82, 2.24) is 0 Å². The Morgan fingerprint density at radius 3 is 2.74 bits per heavy atom. The fraction of sp³-hybridized carbons (Fsp3) is 0.739. The number of rotatable bonds is 7. The Morgan fingerprint density at radius 1 is 1.22 bits per heavy atom. The number of carbonyl (C=O) groups excluding carboxylic acids is 2. The Morgan fingerprint density at radius 2 is 2.00 bits per heavy atom. The third kappa shape index (κ3) is 5.10. The summed E-state index contributed by atoms with van der Waals surface area (Å²) in [5.41, 5.74) is 0.959. The van der Waals surface area contributed by atoms with Crippen molar-refractivity contribution in [3.63, 3.8) is 0 Å². The quantitative estimate of drug-likeness (QED) is 0.311. The van der Waals surface area contributed by atoms with Gasteiger partial charge in [0.2, 0.25) is 0 Å². The highest BCUT2D eigenvalue weighted by molar-refractivity contribution is 6.00. The van der Waals surface area contributed by atoms with Gasteiger partial charge in [0, 0.05) is 12.3 Å². The highest BCUT2D eigenvalue weighted by Gasteiger charge is 2.45. The van der Waals surface area contributed by atoms with Gasteiger partial charge in [0.15, 0.2) is 5.78 Å². The minimum absolute atomic E-state index is 0.165. The first-order valence-corrected chi connectivity index (χ1v) is 10.8. The average molecular weight is 375 g/mol. The first kappa shape index (κ1) is 20.3. The van der Waals surface area contributed by atoms with Gasteiger partial charge in [-0.25, -0.2) is 0 Å². The summed E-state index contributed by atoms with van der Waals surface area (Å²) in [7, 11) is 1.40. The monoisotopic (exact) mass is 374 g/mol. The number of Topliss-reactive ketones (excluding diaryl/α,β-unsaturated/α-hetero) is 1. The molecule has 4 unspecified atom stereocenters. The van der Waals surface area contributed by atoms with Crippen molar-refractivity contribution in [2.45, 2.75) is 76.7 Å². The maximum atomic E-state index is 12.7. The molecular weight excluding hydrogens is 340 g/mol. The zero-order chi connectivity index (χ0) is 19.2. The van der Waals surface area contributed by atoms with Gasteiger partial charge in [-0.1, -0.05) is 37.5 Å². The number of fused-ring (bicyclic) bond motifs is 1. The topological polar surface area (TPSA) is 63.6 Å². The maximum absolute atomic E-state index is 12.7. The Balaban J connectivity index is 1.51. The molecule has 3 saturated carbocycles. The molecule has 3 aliphatic rings. The minimum atomic E-state index is -0.324. The molecule has 0 aromatic carbocycles. The third-order valence-corrected chi connectivity index (χ3v) is 6.88. The van der Waals surface area contributed by atoms with Crippen molar-refractivity contribution < 1.29 is 19.4 Å². The van der Waals surface area contributed by atoms with Crippen LogP contribution < -0.4 is 0 Å². The largest absolute Gasteiger partial charge is 0.469 e. The number of hydrogen-bond acceptors (Lipinski definition) is 4. The van der Waals surface area contributed by atoms with Crippen LogP contribution >= 0.6 is 0 Å². The summed E-state index contributed by atoms with van der Waals surface area (Å²) in [5, 5.41) is 10.5. The molecule has 0 aliphatic heterocycles. The van der Waals surface area contributed by atoms with E-state index in [0.717, 1.165) is 50.5 Å². The molecule has 4 heteroatoms. The van der Waals surface area contributed by atoms with Crippen LogP contribution in [0.4, 0.5) is 0 Å². The summed E-state index contributed by atoms with van der Waals surface area (Å²) in [4.78, 5) is 23.8. The van der Waals surface area contributed by atoms with Crippen LogP contribution in [0.25, 0.3) is 0 Å². The summed E-state index contributed by atoms with van der Waals surface area (Å²) in [6.45, 7) is 0. The van der Waals surface area contributed by atoms with Crippen molar-refractivity contribution in [2.75, 3.05) is 7.11 Å². The van der Waals surface area contributed by atoms with E-state index >= 15 is 0 Å². The number of aliphatic hydroxyl groups excluding tert-OH is 1. The second-order valence-electron chi connectivity index (χ2n) is 8.55. The van der Waals surface area contributed by atoms with Crippen molar-refractivity contribution >= 4 is 11.8 Å². The molecule has 0 bridgehead atoms. The Kier molecular flexibility index (Phi) is 7.28. The first-order valence-electron chi connectivity index (χ1n) is 10.8. The molecule has 0 spiro atoms. The van der Waals surface area contributed by atoms with Crippen LogP contribution in [0.2, 0.25) is 0 Å². The van der Waals surface area contributed by atoms with Crippen LogP contribution in [0.5, 0.6) is 0 Å². The molecule has 4 atom stereocenters. The number of carbonyl (C=O) groups is 2. The maximum Gasteiger partial charge on any atom is 0.305 e. The van der Waals surface area contributed by atoms with E-state index < -0.39 is 0 Å². The number of methoxy groups -OCH3 is 1. The van der Waals surface area contributed by atoms with Gasteiger partial charge in [-0.15, -0.1) is 0 Å². The molecular formula is C23H34O4. The molecule has 0 amide bonds. The molecule has 150 valence electrons. The lowest BCUT2D eigenvalue weighted by atomic mass is 9.84. The Bertz CT molecular complexity index is 585. The number of aliphatic hydroxyl groups is 1. The van der Waals surface area contributed by atoms with E-state index in [1.807, 2.05) is 12.2 Å². The summed E-state index contributed by atoms with van der Waals surface area (Å²) in [6, 6.07) is 0. The number of hydrogen-bond donors (Lipinski definition) is 1. The summed E-state index contributed by atoms with van der Waals surface area (Å²) in [6.07, 6.45) is 16.8. The summed E-state index contributed by atoms with van der Waals surface area (Å²) >= 11 is 0. The van der Waals surface area contributed by atoms with Crippen LogP contribution in [0.1, 0.15) is 70.6 Å². The lowest BCUT2D eigenvalue weighted by molar-refractivity contribution is -0.140. The molecule has 3 fully saturated rings. The summed E-state index contributed by atoms with van der Waals surface area (Å²) < 4.78 is 4.65. The molecule has 0 aromatic heterocycles. The van der Waals surface area contributed by atoms with E-state index in [1.54, 1.807) is 0 Å². The predicted octanol–water partition coefficient (Wildman–Crippen LogP) is 4.37. The number of esters is 1. The zero-order valence-electron chi connectivity index (χ0n) is 16.6. The SMILES string of the molecule is COC(=O)CCCC=C1CC2C(C=CC(O)C3CCCCC3)CCC2C1=O. The van der Waals surface area contributed by atoms with E-state index in [2.05, 4.69) is 10.8 Å². The van der Waals surface area contributed by atoms with Gasteiger partial charge in [-0.3, -0.25) is 9.59 Å². The highest BCUT2D eigenvalue weighted by atomic mass is 16.5. The van der Waals surface area contributed by atoms with Crippen LogP contribution in [-0.4, -0.2) is 30.1 Å². The molecule has 0 saturated heterocycles. The van der Waals surface area contributed by atoms with E-state index in [1.165, 1.54) is 26.4 Å². The number of unbranched alkanes of at least 4 members (excludes halogenated alkanes) is 1. The number of ether oxygens (including phenoxy) is 1. The highest BCUT2D eigenvalue weighted by Crippen LogP contribution is 2.48. The van der Waals surface area contributed by atoms with Gasteiger partial charge < -0.3 is 9.84 Å².